The van der Waals surface area contributed by atoms with Crippen LogP contribution in [0.4, 0.5) is 0 Å². The summed E-state index contributed by atoms with van der Waals surface area (Å²) in [4.78, 5) is 38.0. The molecule has 1 unspecified atom stereocenters. The largest absolute Gasteiger partial charge is 0.462 e. The summed E-state index contributed by atoms with van der Waals surface area (Å²) >= 11 is 0. The molecule has 0 amide bonds. The molecule has 0 heterocycles. The van der Waals surface area contributed by atoms with E-state index in [1.165, 1.54) is 154 Å². The second-order valence-electron chi connectivity index (χ2n) is 18.9. The fourth-order valence-electron chi connectivity index (χ4n) is 8.00. The topological polar surface area (TPSA) is 78.9 Å². The summed E-state index contributed by atoms with van der Waals surface area (Å²) < 4.78 is 16.8. The first-order chi connectivity index (χ1) is 32.0. The molecule has 65 heavy (non-hydrogen) atoms. The van der Waals surface area contributed by atoms with Crippen molar-refractivity contribution in [3.8, 4) is 0 Å². The van der Waals surface area contributed by atoms with Gasteiger partial charge in [0, 0.05) is 19.3 Å². The maximum absolute atomic E-state index is 12.8. The van der Waals surface area contributed by atoms with Gasteiger partial charge in [-0.2, -0.15) is 0 Å². The Kier molecular flexibility index (Phi) is 51.8. The van der Waals surface area contributed by atoms with Gasteiger partial charge < -0.3 is 14.2 Å². The number of carbonyl (C=O) groups excluding carboxylic acids is 3. The molecule has 0 fully saturated rings. The minimum Gasteiger partial charge on any atom is -0.462 e. The minimum absolute atomic E-state index is 0.0850. The number of ether oxygens (including phenoxy) is 3. The van der Waals surface area contributed by atoms with E-state index in [1.807, 2.05) is 0 Å². The third-order valence-corrected chi connectivity index (χ3v) is 12.3. The standard InChI is InChI=1S/C59H106O6/c1-4-7-10-13-16-19-22-24-26-28-30-32-34-37-40-43-46-49-52-58(61)64-55-56(54-63-57(60)51-48-45-42-39-36-21-18-15-12-9-6-3)65-59(62)53-50-47-44-41-38-35-33-31-29-27-25-23-20-17-14-11-8-5-2/h15,18,26,28,30-33,56H,4-14,16-17,19-25,27,29,34-55H2,1-3H3/b18-15-,28-26-,32-30-,33-31-. The highest BCUT2D eigenvalue weighted by Crippen LogP contribution is 2.15. The Morgan fingerprint density at radius 2 is 0.569 bits per heavy atom. The number of hydrogen-bond donors (Lipinski definition) is 0. The van der Waals surface area contributed by atoms with E-state index in [4.69, 9.17) is 14.2 Å². The molecule has 0 N–H and O–H groups in total. The Labute approximate surface area is 403 Å². The lowest BCUT2D eigenvalue weighted by atomic mass is 10.1. The van der Waals surface area contributed by atoms with Gasteiger partial charge in [0.1, 0.15) is 13.2 Å². The molecule has 1 atom stereocenters. The molecule has 0 bridgehead atoms. The van der Waals surface area contributed by atoms with Crippen molar-refractivity contribution in [2.24, 2.45) is 0 Å². The molecular weight excluding hydrogens is 805 g/mol. The van der Waals surface area contributed by atoms with Gasteiger partial charge in [-0.1, -0.05) is 230 Å². The van der Waals surface area contributed by atoms with Gasteiger partial charge in [0.05, 0.1) is 0 Å². The van der Waals surface area contributed by atoms with Gasteiger partial charge in [0.15, 0.2) is 6.10 Å². The van der Waals surface area contributed by atoms with E-state index < -0.39 is 6.10 Å². The maximum Gasteiger partial charge on any atom is 0.306 e. The molecule has 0 aromatic heterocycles. The summed E-state index contributed by atoms with van der Waals surface area (Å²) in [6, 6.07) is 0. The third kappa shape index (κ3) is 52.2. The predicted octanol–water partition coefficient (Wildman–Crippen LogP) is 18.7. The molecule has 0 saturated carbocycles. The Hall–Kier alpha value is -2.63. The van der Waals surface area contributed by atoms with Crippen molar-refractivity contribution in [2.75, 3.05) is 13.2 Å². The number of esters is 3. The van der Waals surface area contributed by atoms with Crippen molar-refractivity contribution < 1.29 is 28.6 Å². The van der Waals surface area contributed by atoms with Crippen LogP contribution < -0.4 is 0 Å². The Morgan fingerprint density at radius 1 is 0.308 bits per heavy atom. The van der Waals surface area contributed by atoms with Crippen LogP contribution in [0.3, 0.4) is 0 Å². The van der Waals surface area contributed by atoms with E-state index in [-0.39, 0.29) is 31.1 Å². The van der Waals surface area contributed by atoms with Gasteiger partial charge in [0.2, 0.25) is 0 Å². The summed E-state index contributed by atoms with van der Waals surface area (Å²) in [5, 5.41) is 0. The molecular formula is C59H106O6. The molecule has 0 rings (SSSR count). The molecule has 0 aromatic rings. The van der Waals surface area contributed by atoms with Crippen molar-refractivity contribution >= 4 is 17.9 Å². The lowest BCUT2D eigenvalue weighted by molar-refractivity contribution is -0.167. The summed E-state index contributed by atoms with van der Waals surface area (Å²) in [6.07, 6.45) is 65.3. The number of rotatable bonds is 51. The number of hydrogen-bond acceptors (Lipinski definition) is 6. The Bertz CT molecular complexity index is 1140. The van der Waals surface area contributed by atoms with Crippen molar-refractivity contribution in [1.29, 1.82) is 0 Å². The molecule has 6 heteroatoms. The molecule has 0 aliphatic rings. The Morgan fingerprint density at radius 3 is 0.908 bits per heavy atom. The lowest BCUT2D eigenvalue weighted by Crippen LogP contribution is -2.30. The number of carbonyl (C=O) groups is 3. The average Bonchev–Trinajstić information content (AvgIpc) is 3.30. The molecule has 0 aromatic carbocycles. The van der Waals surface area contributed by atoms with Crippen molar-refractivity contribution in [1.82, 2.24) is 0 Å². The zero-order valence-corrected chi connectivity index (χ0v) is 43.3. The zero-order valence-electron chi connectivity index (χ0n) is 43.3. The van der Waals surface area contributed by atoms with E-state index in [2.05, 4.69) is 69.4 Å². The quantitative estimate of drug-likeness (QED) is 0.0199. The van der Waals surface area contributed by atoms with Crippen LogP contribution in [-0.4, -0.2) is 37.2 Å². The summed E-state index contributed by atoms with van der Waals surface area (Å²) in [6.45, 7) is 6.59. The van der Waals surface area contributed by atoms with E-state index >= 15 is 0 Å². The van der Waals surface area contributed by atoms with Crippen LogP contribution in [0.25, 0.3) is 0 Å². The van der Waals surface area contributed by atoms with Gasteiger partial charge in [-0.15, -0.1) is 0 Å². The van der Waals surface area contributed by atoms with Crippen LogP contribution in [0.15, 0.2) is 48.6 Å². The molecule has 0 radical (unpaired) electrons. The van der Waals surface area contributed by atoms with Crippen molar-refractivity contribution in [3.05, 3.63) is 48.6 Å². The predicted molar refractivity (Wildman–Crippen MR) is 279 cm³/mol. The highest BCUT2D eigenvalue weighted by atomic mass is 16.6. The van der Waals surface area contributed by atoms with E-state index in [0.717, 1.165) is 96.3 Å². The first kappa shape index (κ1) is 62.4. The summed E-state index contributed by atoms with van der Waals surface area (Å²) in [7, 11) is 0. The Balaban J connectivity index is 4.37. The molecule has 378 valence electrons. The van der Waals surface area contributed by atoms with Gasteiger partial charge in [-0.3, -0.25) is 14.4 Å². The van der Waals surface area contributed by atoms with Crippen LogP contribution in [0, 0.1) is 0 Å². The monoisotopic (exact) mass is 911 g/mol. The third-order valence-electron chi connectivity index (χ3n) is 12.3. The summed E-state index contributed by atoms with van der Waals surface area (Å²) in [5.41, 5.74) is 0. The van der Waals surface area contributed by atoms with Crippen LogP contribution in [0.1, 0.15) is 290 Å². The average molecular weight is 911 g/mol. The molecule has 0 saturated heterocycles. The maximum atomic E-state index is 12.8. The molecule has 0 spiro atoms. The van der Waals surface area contributed by atoms with Crippen LogP contribution in [0.5, 0.6) is 0 Å². The molecule has 0 aliphatic carbocycles. The van der Waals surface area contributed by atoms with Crippen LogP contribution in [-0.2, 0) is 28.6 Å². The van der Waals surface area contributed by atoms with Crippen molar-refractivity contribution in [2.45, 2.75) is 297 Å². The fraction of sp³-hybridized carbons (Fsp3) is 0.814. The SMILES string of the molecule is CCCC/C=C\CCCCCCCC(=O)OCC(COC(=O)CCCCCCC/C=C\C=C/CCCCCCCCC)OC(=O)CCCCCCC/C=C\CCCCCCCCCCC. The lowest BCUT2D eigenvalue weighted by Gasteiger charge is -2.18. The van der Waals surface area contributed by atoms with E-state index in [0.29, 0.717) is 19.3 Å². The van der Waals surface area contributed by atoms with Gasteiger partial charge in [-0.05, 0) is 89.9 Å². The second kappa shape index (κ2) is 54.0. The molecule has 6 nitrogen and oxygen atoms in total. The van der Waals surface area contributed by atoms with E-state index in [9.17, 15) is 14.4 Å². The smallest absolute Gasteiger partial charge is 0.306 e. The van der Waals surface area contributed by atoms with Crippen LogP contribution >= 0.6 is 0 Å². The van der Waals surface area contributed by atoms with Gasteiger partial charge >= 0.3 is 17.9 Å². The first-order valence-corrected chi connectivity index (χ1v) is 28.2. The first-order valence-electron chi connectivity index (χ1n) is 28.2. The minimum atomic E-state index is -0.786. The normalized spacial score (nSPS) is 12.4. The highest BCUT2D eigenvalue weighted by Gasteiger charge is 2.19. The van der Waals surface area contributed by atoms with Gasteiger partial charge in [-0.25, -0.2) is 0 Å². The van der Waals surface area contributed by atoms with E-state index in [1.54, 1.807) is 0 Å². The number of allylic oxidation sites excluding steroid dienone is 8. The second-order valence-corrected chi connectivity index (χ2v) is 18.9. The van der Waals surface area contributed by atoms with Crippen molar-refractivity contribution in [3.63, 3.8) is 0 Å². The molecule has 0 aliphatic heterocycles. The number of unbranched alkanes of at least 4 members (excludes halogenated alkanes) is 33. The zero-order chi connectivity index (χ0) is 47.2. The highest BCUT2D eigenvalue weighted by molar-refractivity contribution is 5.71. The van der Waals surface area contributed by atoms with Gasteiger partial charge in [0.25, 0.3) is 0 Å². The fourth-order valence-corrected chi connectivity index (χ4v) is 8.00. The summed E-state index contributed by atoms with van der Waals surface area (Å²) in [5.74, 6) is -0.908. The van der Waals surface area contributed by atoms with Crippen LogP contribution in [0.2, 0.25) is 0 Å².